The number of benzene rings is 2. The van der Waals surface area contributed by atoms with Crippen LogP contribution in [0.4, 0.5) is 5.69 Å². The highest BCUT2D eigenvalue weighted by Crippen LogP contribution is 2.30. The Morgan fingerprint density at radius 3 is 2.69 bits per heavy atom. The van der Waals surface area contributed by atoms with Crippen molar-refractivity contribution in [2.45, 2.75) is 32.8 Å². The number of nitrogens with one attached hydrogen (secondary N) is 2. The summed E-state index contributed by atoms with van der Waals surface area (Å²) >= 11 is 0. The predicted octanol–water partition coefficient (Wildman–Crippen LogP) is 2.98. The summed E-state index contributed by atoms with van der Waals surface area (Å²) in [6.45, 7) is 4.43. The van der Waals surface area contributed by atoms with Gasteiger partial charge in [-0.3, -0.25) is 10.2 Å². The molecule has 0 aliphatic carbocycles. The van der Waals surface area contributed by atoms with Crippen molar-refractivity contribution in [2.24, 2.45) is 10.2 Å². The quantitative estimate of drug-likeness (QED) is 0.363. The maximum atomic E-state index is 13.1. The third-order valence-corrected chi connectivity index (χ3v) is 5.21. The number of anilines is 1. The van der Waals surface area contributed by atoms with Crippen LogP contribution in [0.3, 0.4) is 0 Å². The molecule has 0 saturated heterocycles. The largest absolute Gasteiger partial charge is 0.493 e. The fraction of sp³-hybridized carbons (Fsp3) is 0.292. The monoisotopic (exact) mass is 487 g/mol. The summed E-state index contributed by atoms with van der Waals surface area (Å²) < 4.78 is 11.3. The van der Waals surface area contributed by atoms with E-state index in [2.05, 4.69) is 36.3 Å². The van der Waals surface area contributed by atoms with Gasteiger partial charge in [-0.25, -0.2) is 5.01 Å². The van der Waals surface area contributed by atoms with Crippen molar-refractivity contribution in [2.75, 3.05) is 19.1 Å². The minimum absolute atomic E-state index is 0.00542. The van der Waals surface area contributed by atoms with Gasteiger partial charge in [0.1, 0.15) is 6.07 Å². The van der Waals surface area contributed by atoms with Crippen LogP contribution in [0.1, 0.15) is 48.4 Å². The number of hydrogen-bond acceptors (Lipinski definition) is 10. The van der Waals surface area contributed by atoms with Crippen LogP contribution in [-0.4, -0.2) is 62.7 Å². The molecule has 2 aromatic carbocycles. The molecule has 12 nitrogen and oxygen atoms in total. The summed E-state index contributed by atoms with van der Waals surface area (Å²) in [6.07, 6.45) is 1.53. The van der Waals surface area contributed by atoms with Gasteiger partial charge in [0, 0.05) is 17.7 Å². The van der Waals surface area contributed by atoms with E-state index < -0.39 is 0 Å². The second-order valence-corrected chi connectivity index (χ2v) is 8.11. The molecule has 4 rings (SSSR count). The number of H-pyrrole nitrogens is 1. The zero-order valence-electron chi connectivity index (χ0n) is 20.1. The lowest BCUT2D eigenvalue weighted by Crippen LogP contribution is -2.32. The predicted molar refractivity (Wildman–Crippen MR) is 132 cm³/mol. The molecule has 36 heavy (non-hydrogen) atoms. The second kappa shape index (κ2) is 11.1. The van der Waals surface area contributed by atoms with E-state index in [0.29, 0.717) is 29.3 Å². The minimum atomic E-state index is -0.209. The first kappa shape index (κ1) is 24.3. The van der Waals surface area contributed by atoms with Crippen LogP contribution >= 0.6 is 0 Å². The van der Waals surface area contributed by atoms with Gasteiger partial charge < -0.3 is 9.47 Å². The number of aromatic amines is 1. The van der Waals surface area contributed by atoms with Gasteiger partial charge >= 0.3 is 0 Å². The smallest absolute Gasteiger partial charge is 0.273 e. The fourth-order valence-corrected chi connectivity index (χ4v) is 3.54. The Hall–Kier alpha value is -4.79. The number of carbonyl (C=O) groups excluding carboxylic acids is 1. The van der Waals surface area contributed by atoms with Gasteiger partial charge in [0.15, 0.2) is 11.5 Å². The highest BCUT2D eigenvalue weighted by molar-refractivity contribution is 6.09. The van der Waals surface area contributed by atoms with Crippen molar-refractivity contribution >= 4 is 23.0 Å². The van der Waals surface area contributed by atoms with Gasteiger partial charge in [-0.15, -0.1) is 10.2 Å². The molecule has 0 spiro atoms. The van der Waals surface area contributed by atoms with Crippen molar-refractivity contribution in [1.82, 2.24) is 25.6 Å². The van der Waals surface area contributed by atoms with E-state index in [1.807, 2.05) is 38.1 Å². The molecule has 12 heteroatoms. The van der Waals surface area contributed by atoms with Crippen molar-refractivity contribution in [1.29, 1.82) is 5.26 Å². The van der Waals surface area contributed by atoms with Crippen LogP contribution in [0.2, 0.25) is 0 Å². The molecule has 1 aromatic heterocycles. The number of ether oxygens (including phenoxy) is 2. The third-order valence-electron chi connectivity index (χ3n) is 5.21. The number of aromatic nitrogens is 4. The molecule has 0 radical (unpaired) electrons. The molecule has 1 aliphatic heterocycles. The van der Waals surface area contributed by atoms with Gasteiger partial charge in [-0.05, 0) is 74.4 Å². The highest BCUT2D eigenvalue weighted by atomic mass is 16.5. The van der Waals surface area contributed by atoms with E-state index in [-0.39, 0.29) is 23.5 Å². The molecule has 1 amide bonds. The summed E-state index contributed by atoms with van der Waals surface area (Å²) in [5, 5.41) is 32.4. The van der Waals surface area contributed by atoms with Crippen molar-refractivity contribution in [3.63, 3.8) is 0 Å². The van der Waals surface area contributed by atoms with E-state index in [0.717, 1.165) is 24.1 Å². The fourth-order valence-electron chi connectivity index (χ4n) is 3.54. The van der Waals surface area contributed by atoms with Crippen molar-refractivity contribution in [3.8, 4) is 17.6 Å². The van der Waals surface area contributed by atoms with Crippen LogP contribution in [0.15, 0.2) is 52.7 Å². The lowest BCUT2D eigenvalue weighted by Gasteiger charge is -2.24. The first-order valence-electron chi connectivity index (χ1n) is 11.3. The number of nitriles is 1. The van der Waals surface area contributed by atoms with Crippen molar-refractivity contribution < 1.29 is 14.3 Å². The number of nitrogens with zero attached hydrogens (tertiary/aromatic N) is 7. The number of hydrazone groups is 2. The molecule has 0 bridgehead atoms. The Bertz CT molecular complexity index is 1310. The maximum Gasteiger partial charge on any atom is 0.273 e. The summed E-state index contributed by atoms with van der Waals surface area (Å²) in [5.74, 6) is 1.16. The first-order valence-corrected chi connectivity index (χ1v) is 11.3. The number of hydrogen-bond donors (Lipinski definition) is 2. The lowest BCUT2D eigenvalue weighted by atomic mass is 10.0. The molecular formula is C24H25N9O3. The Morgan fingerprint density at radius 2 is 2.03 bits per heavy atom. The number of rotatable bonds is 8. The normalized spacial score (nSPS) is 13.7. The van der Waals surface area contributed by atoms with E-state index in [9.17, 15) is 10.1 Å². The summed E-state index contributed by atoms with van der Waals surface area (Å²) in [5.41, 5.74) is 5.49. The van der Waals surface area contributed by atoms with E-state index in [1.54, 1.807) is 31.4 Å². The topological polar surface area (TPSA) is 154 Å². The van der Waals surface area contributed by atoms with E-state index in [4.69, 9.17) is 9.47 Å². The number of tetrazole rings is 1. The second-order valence-electron chi connectivity index (χ2n) is 8.11. The minimum Gasteiger partial charge on any atom is -0.493 e. The van der Waals surface area contributed by atoms with Gasteiger partial charge in [-0.2, -0.15) is 20.7 Å². The Morgan fingerprint density at radius 1 is 1.22 bits per heavy atom. The lowest BCUT2D eigenvalue weighted by molar-refractivity contribution is 0.0751. The summed E-state index contributed by atoms with van der Waals surface area (Å²) in [4.78, 5) is 13.1. The average molecular weight is 488 g/mol. The van der Waals surface area contributed by atoms with Crippen LogP contribution in [0, 0.1) is 11.3 Å². The SMILES string of the molecule is COc1ccc(C2=NN(C(=O)c3ccc(N/N=C(/C#N)c4nn[nH]n4)cc3)CCC2)cc1OC(C)C. The Labute approximate surface area is 207 Å². The molecule has 0 fully saturated rings. The molecule has 0 unspecified atom stereocenters. The molecule has 2 heterocycles. The van der Waals surface area contributed by atoms with Crippen LogP contribution in [0.5, 0.6) is 11.5 Å². The van der Waals surface area contributed by atoms with Crippen LogP contribution in [-0.2, 0) is 0 Å². The third kappa shape index (κ3) is 5.64. The summed E-state index contributed by atoms with van der Waals surface area (Å²) in [6, 6.07) is 14.3. The Balaban J connectivity index is 1.48. The molecule has 2 N–H and O–H groups in total. The zero-order chi connectivity index (χ0) is 25.5. The number of amides is 1. The average Bonchev–Trinajstić information content (AvgIpc) is 3.43. The summed E-state index contributed by atoms with van der Waals surface area (Å²) in [7, 11) is 1.60. The highest BCUT2D eigenvalue weighted by Gasteiger charge is 2.22. The van der Waals surface area contributed by atoms with Gasteiger partial charge in [0.05, 0.1) is 24.6 Å². The first-order chi connectivity index (χ1) is 17.5. The standard InChI is InChI=1S/C24H25N9O3/c1-15(2)36-22-13-17(8-11-21(22)35-3)19-5-4-12-33(30-19)24(34)16-6-9-18(10-7-16)26-27-20(14-25)23-28-31-32-29-23/h6-11,13,15,26H,4-5,12H2,1-3H3,(H,28,29,31,32)/b27-20-. The molecule has 184 valence electrons. The number of methoxy groups -OCH3 is 1. The van der Waals surface area contributed by atoms with Crippen LogP contribution in [0.25, 0.3) is 0 Å². The maximum absolute atomic E-state index is 13.1. The van der Waals surface area contributed by atoms with Crippen LogP contribution < -0.4 is 14.9 Å². The van der Waals surface area contributed by atoms with Gasteiger partial charge in [0.2, 0.25) is 11.5 Å². The number of carbonyl (C=O) groups is 1. The molecular weight excluding hydrogens is 462 g/mol. The van der Waals surface area contributed by atoms with Crippen molar-refractivity contribution in [3.05, 3.63) is 59.4 Å². The van der Waals surface area contributed by atoms with E-state index in [1.165, 1.54) is 5.01 Å². The molecule has 3 aromatic rings. The molecule has 0 atom stereocenters. The van der Waals surface area contributed by atoms with Gasteiger partial charge in [0.25, 0.3) is 5.91 Å². The molecule has 1 aliphatic rings. The van der Waals surface area contributed by atoms with Gasteiger partial charge in [-0.1, -0.05) is 0 Å². The molecule has 0 saturated carbocycles. The zero-order valence-corrected chi connectivity index (χ0v) is 20.1. The van der Waals surface area contributed by atoms with E-state index >= 15 is 0 Å². The Kier molecular flexibility index (Phi) is 7.50.